The Balaban J connectivity index is 0.000000152. The molecule has 5 heteroatoms. The Hall–Kier alpha value is -5.09. The van der Waals surface area contributed by atoms with Crippen molar-refractivity contribution in [1.29, 1.82) is 0 Å². The summed E-state index contributed by atoms with van der Waals surface area (Å²) in [6, 6.07) is 48.0. The molecule has 11 rings (SSSR count). The first-order chi connectivity index (χ1) is 26.3. The quantitative estimate of drug-likeness (QED) is 0.122. The first kappa shape index (κ1) is 36.5. The molecular formula is C51H46IrN4-2. The number of benzene rings is 5. The van der Waals surface area contributed by atoms with Gasteiger partial charge in [-0.15, -0.1) is 35.0 Å². The molecule has 5 aromatic carbocycles. The summed E-state index contributed by atoms with van der Waals surface area (Å²) >= 11 is 0. The predicted molar refractivity (Wildman–Crippen MR) is 229 cm³/mol. The first-order valence-corrected chi connectivity index (χ1v) is 19.6. The molecule has 4 nitrogen and oxygen atoms in total. The van der Waals surface area contributed by atoms with E-state index in [1.54, 1.807) is 0 Å². The maximum atomic E-state index is 5.42. The van der Waals surface area contributed by atoms with Gasteiger partial charge >= 0.3 is 0 Å². The fraction of sp³-hybridized carbons (Fsp3) is 0.255. The number of pyridine rings is 2. The smallest absolute Gasteiger partial charge is 0.135 e. The molecule has 2 aliphatic rings. The summed E-state index contributed by atoms with van der Waals surface area (Å²) in [7, 11) is 0. The number of hydrogen-bond donors (Lipinski definition) is 0. The van der Waals surface area contributed by atoms with Gasteiger partial charge in [-0.3, -0.25) is 4.98 Å². The molecule has 1 unspecified atom stereocenters. The molecule has 1 aliphatic heterocycles. The van der Waals surface area contributed by atoms with E-state index in [1.165, 1.54) is 60.5 Å². The molecule has 0 N–H and O–H groups in total. The normalized spacial score (nSPS) is 17.8. The summed E-state index contributed by atoms with van der Waals surface area (Å²) in [4.78, 5) is 10.1. The van der Waals surface area contributed by atoms with E-state index in [1.807, 2.05) is 24.4 Å². The minimum atomic E-state index is -0.0754. The number of imidazole rings is 1. The van der Waals surface area contributed by atoms with Gasteiger partial charge in [-0.25, -0.2) is 4.98 Å². The zero-order valence-electron chi connectivity index (χ0n) is 33.4. The van der Waals surface area contributed by atoms with Crippen LogP contribution in [0.4, 0.5) is 0 Å². The van der Waals surface area contributed by atoms with Crippen molar-refractivity contribution >= 4 is 49.1 Å². The third-order valence-electron chi connectivity index (χ3n) is 13.1. The van der Waals surface area contributed by atoms with E-state index < -0.39 is 0 Å². The monoisotopic (exact) mass is 907 g/mol. The van der Waals surface area contributed by atoms with Crippen LogP contribution < -0.4 is 0 Å². The molecule has 0 fully saturated rings. The Bertz CT molecular complexity index is 2970. The van der Waals surface area contributed by atoms with Gasteiger partial charge in [-0.2, -0.15) is 24.3 Å². The Morgan fingerprint density at radius 3 is 2.18 bits per heavy atom. The van der Waals surface area contributed by atoms with Crippen LogP contribution in [0.1, 0.15) is 84.2 Å². The van der Waals surface area contributed by atoms with Gasteiger partial charge in [0.05, 0.1) is 11.3 Å². The molecule has 281 valence electrons. The van der Waals surface area contributed by atoms with E-state index in [-0.39, 0.29) is 41.8 Å². The summed E-state index contributed by atoms with van der Waals surface area (Å²) in [5.41, 5.74) is 12.5. The molecule has 9 aromatic rings. The van der Waals surface area contributed by atoms with E-state index in [4.69, 9.17) is 4.98 Å². The predicted octanol–water partition coefficient (Wildman–Crippen LogP) is 12.6. The van der Waals surface area contributed by atoms with E-state index in [2.05, 4.69) is 179 Å². The van der Waals surface area contributed by atoms with Gasteiger partial charge in [-0.05, 0) is 62.9 Å². The zero-order chi connectivity index (χ0) is 38.1. The van der Waals surface area contributed by atoms with Gasteiger partial charge in [0.25, 0.3) is 0 Å². The number of rotatable bonds is 1. The summed E-state index contributed by atoms with van der Waals surface area (Å²) in [5.74, 6) is 0.950. The summed E-state index contributed by atoms with van der Waals surface area (Å²) in [6.45, 7) is 18.9. The Morgan fingerprint density at radius 2 is 1.38 bits per heavy atom. The molecule has 4 aromatic heterocycles. The van der Waals surface area contributed by atoms with Crippen LogP contribution >= 0.6 is 0 Å². The summed E-state index contributed by atoms with van der Waals surface area (Å²) < 4.78 is 4.71. The maximum Gasteiger partial charge on any atom is 0.135 e. The summed E-state index contributed by atoms with van der Waals surface area (Å²) in [6.07, 6.45) is 2.97. The van der Waals surface area contributed by atoms with Crippen molar-refractivity contribution in [1.82, 2.24) is 18.9 Å². The second-order valence-electron chi connectivity index (χ2n) is 18.1. The van der Waals surface area contributed by atoms with Crippen LogP contribution in [0.3, 0.4) is 0 Å². The summed E-state index contributed by atoms with van der Waals surface area (Å²) in [5, 5.41) is 6.11. The zero-order valence-corrected chi connectivity index (χ0v) is 35.8. The average molecular weight is 907 g/mol. The molecule has 56 heavy (non-hydrogen) atoms. The largest absolute Gasteiger partial charge is 0.336 e. The number of aromatic nitrogens is 4. The Morgan fingerprint density at radius 1 is 0.696 bits per heavy atom. The van der Waals surface area contributed by atoms with Crippen LogP contribution in [0, 0.1) is 12.1 Å². The average Bonchev–Trinajstić information content (AvgIpc) is 3.73. The minimum Gasteiger partial charge on any atom is -0.336 e. The SMILES string of the molecule is CC(C)(C)c1ccnc(-n2c3[c-]cccc3c3ccccc32)c1.CC1(C)CC2(C)c3c(nc4c5[c-]cccc5c5cccc(c5n34)C2(C)C)-c2ccccc21.[Ir]. The van der Waals surface area contributed by atoms with E-state index in [9.17, 15) is 0 Å². The van der Waals surface area contributed by atoms with Crippen LogP contribution in [-0.4, -0.2) is 18.9 Å². The van der Waals surface area contributed by atoms with Gasteiger partial charge in [0.1, 0.15) is 5.82 Å². The third kappa shape index (κ3) is 5.00. The Kier molecular flexibility index (Phi) is 8.13. The molecule has 0 amide bonds. The van der Waals surface area contributed by atoms with Crippen molar-refractivity contribution in [2.75, 3.05) is 0 Å². The van der Waals surface area contributed by atoms with Gasteiger partial charge in [0.15, 0.2) is 0 Å². The fourth-order valence-corrected chi connectivity index (χ4v) is 10.1. The topological polar surface area (TPSA) is 35.1 Å². The van der Waals surface area contributed by atoms with Gasteiger partial charge in [0, 0.05) is 59.4 Å². The molecular weight excluding hydrogens is 861 g/mol. The minimum absolute atomic E-state index is 0. The maximum absolute atomic E-state index is 5.42. The van der Waals surface area contributed by atoms with Crippen LogP contribution in [0.15, 0.2) is 121 Å². The number of para-hydroxylation sites is 3. The van der Waals surface area contributed by atoms with Crippen LogP contribution in [-0.2, 0) is 41.8 Å². The van der Waals surface area contributed by atoms with Crippen molar-refractivity contribution in [2.24, 2.45) is 0 Å². The van der Waals surface area contributed by atoms with E-state index in [0.29, 0.717) is 0 Å². The van der Waals surface area contributed by atoms with Crippen molar-refractivity contribution in [3.63, 3.8) is 0 Å². The van der Waals surface area contributed by atoms with Gasteiger partial charge < -0.3 is 8.97 Å². The Labute approximate surface area is 343 Å². The second-order valence-corrected chi connectivity index (χ2v) is 18.1. The fourth-order valence-electron chi connectivity index (χ4n) is 10.1. The molecule has 0 saturated heterocycles. The molecule has 0 bridgehead atoms. The molecule has 1 atom stereocenters. The third-order valence-corrected chi connectivity index (χ3v) is 13.1. The van der Waals surface area contributed by atoms with Crippen LogP contribution in [0.2, 0.25) is 0 Å². The molecule has 5 heterocycles. The molecule has 0 saturated carbocycles. The molecule has 0 spiro atoms. The van der Waals surface area contributed by atoms with Gasteiger partial charge in [-0.1, -0.05) is 127 Å². The van der Waals surface area contributed by atoms with Crippen molar-refractivity contribution in [3.8, 4) is 17.1 Å². The van der Waals surface area contributed by atoms with Crippen molar-refractivity contribution < 1.29 is 20.1 Å². The van der Waals surface area contributed by atoms with Crippen molar-refractivity contribution in [2.45, 2.75) is 83.5 Å². The first-order valence-electron chi connectivity index (χ1n) is 19.6. The second kappa shape index (κ2) is 12.5. The number of hydrogen-bond acceptors (Lipinski definition) is 2. The molecule has 1 aliphatic carbocycles. The van der Waals surface area contributed by atoms with Crippen LogP contribution in [0.25, 0.3) is 66.2 Å². The number of nitrogens with zero attached hydrogens (tertiary/aromatic N) is 4. The van der Waals surface area contributed by atoms with Crippen LogP contribution in [0.5, 0.6) is 0 Å². The van der Waals surface area contributed by atoms with E-state index in [0.717, 1.165) is 34.5 Å². The number of fused-ring (bicyclic) bond motifs is 8. The van der Waals surface area contributed by atoms with Crippen molar-refractivity contribution in [3.05, 3.63) is 156 Å². The molecule has 1 radical (unpaired) electrons. The van der Waals surface area contributed by atoms with E-state index >= 15 is 0 Å². The van der Waals surface area contributed by atoms with Gasteiger partial charge in [0.2, 0.25) is 0 Å². The standard InChI is InChI=1S/C30H27N2.C21H19N2.Ir/c1-28(2)17-30(5)26-24(21-13-8-9-15-22(21)28)31-27-20-12-7-6-11-18(20)19-14-10-16-23(29(30,3)4)25(19)32(26)27;1-21(2,3)15-12-13-22-20(14-15)23-18-10-6-4-8-16(18)17-9-5-7-11-19(17)23;/h6-11,13-16H,17H2,1-5H3;4-10,12-14H,1-3H3;/q2*-1;.